The van der Waals surface area contributed by atoms with Gasteiger partial charge in [-0.15, -0.1) is 12.4 Å². The average molecular weight is 311 g/mol. The Labute approximate surface area is 121 Å². The van der Waals surface area contributed by atoms with Crippen molar-refractivity contribution < 1.29 is 8.42 Å². The van der Waals surface area contributed by atoms with Gasteiger partial charge in [-0.25, -0.2) is 13.1 Å². The van der Waals surface area contributed by atoms with Gasteiger partial charge in [-0.3, -0.25) is 5.10 Å². The number of H-pyrrole nitrogens is 1. The highest BCUT2D eigenvalue weighted by atomic mass is 35.5. The van der Waals surface area contributed by atoms with Crippen LogP contribution in [0.4, 0.5) is 0 Å². The maximum atomic E-state index is 12.2. The molecule has 1 aromatic rings. The second-order valence-corrected chi connectivity index (χ2v) is 6.36. The summed E-state index contributed by atoms with van der Waals surface area (Å²) < 4.78 is 26.9. The van der Waals surface area contributed by atoms with Crippen LogP contribution in [0.3, 0.4) is 0 Å². The third kappa shape index (κ3) is 4.17. The second kappa shape index (κ2) is 6.69. The highest BCUT2D eigenvalue weighted by Gasteiger charge is 2.27. The molecule has 19 heavy (non-hydrogen) atoms. The van der Waals surface area contributed by atoms with Gasteiger partial charge in [-0.05, 0) is 26.7 Å². The maximum absolute atomic E-state index is 12.2. The Morgan fingerprint density at radius 3 is 2.21 bits per heavy atom. The molecule has 0 amide bonds. The van der Waals surface area contributed by atoms with Crippen LogP contribution >= 0.6 is 12.4 Å². The molecule has 0 spiro atoms. The number of nitrogens with two attached hydrogens (primary N) is 1. The van der Waals surface area contributed by atoms with Gasteiger partial charge in [0.05, 0.1) is 11.4 Å². The summed E-state index contributed by atoms with van der Waals surface area (Å²) in [5, 5.41) is 6.56. The van der Waals surface area contributed by atoms with E-state index in [1.165, 1.54) is 0 Å². The minimum Gasteiger partial charge on any atom is -0.324 e. The minimum atomic E-state index is -3.56. The van der Waals surface area contributed by atoms with Gasteiger partial charge < -0.3 is 5.73 Å². The van der Waals surface area contributed by atoms with E-state index in [0.29, 0.717) is 11.4 Å². The van der Waals surface area contributed by atoms with E-state index in [1.807, 2.05) is 13.8 Å². The molecule has 0 saturated carbocycles. The van der Waals surface area contributed by atoms with Gasteiger partial charge in [0, 0.05) is 12.1 Å². The van der Waals surface area contributed by atoms with Crippen molar-refractivity contribution in [3.63, 3.8) is 0 Å². The first-order chi connectivity index (χ1) is 8.25. The summed E-state index contributed by atoms with van der Waals surface area (Å²) >= 11 is 0. The van der Waals surface area contributed by atoms with Gasteiger partial charge in [0.2, 0.25) is 10.0 Å². The predicted molar refractivity (Wildman–Crippen MR) is 78.0 cm³/mol. The van der Waals surface area contributed by atoms with Crippen molar-refractivity contribution in [1.29, 1.82) is 0 Å². The fourth-order valence-corrected chi connectivity index (χ4v) is 3.25. The van der Waals surface area contributed by atoms with Gasteiger partial charge in [-0.1, -0.05) is 13.8 Å². The normalized spacial score (nSPS) is 12.3. The van der Waals surface area contributed by atoms with Gasteiger partial charge >= 0.3 is 0 Å². The van der Waals surface area contributed by atoms with Crippen molar-refractivity contribution in [2.75, 3.05) is 6.54 Å². The van der Waals surface area contributed by atoms with Crippen LogP contribution in [-0.2, 0) is 10.0 Å². The van der Waals surface area contributed by atoms with E-state index < -0.39 is 15.6 Å². The van der Waals surface area contributed by atoms with E-state index >= 15 is 0 Å². The van der Waals surface area contributed by atoms with Crippen molar-refractivity contribution in [2.45, 2.75) is 51.0 Å². The third-order valence-electron chi connectivity index (χ3n) is 3.35. The number of halogens is 1. The fraction of sp³-hybridized carbons (Fsp3) is 0.727. The first-order valence-electron chi connectivity index (χ1n) is 6.06. The number of aryl methyl sites for hydroxylation is 2. The summed E-state index contributed by atoms with van der Waals surface area (Å²) in [5.41, 5.74) is 6.59. The Kier molecular flexibility index (Phi) is 6.47. The van der Waals surface area contributed by atoms with E-state index in [-0.39, 0.29) is 23.8 Å². The first kappa shape index (κ1) is 18.4. The van der Waals surface area contributed by atoms with Crippen LogP contribution in [0.5, 0.6) is 0 Å². The quantitative estimate of drug-likeness (QED) is 0.736. The molecule has 0 aromatic carbocycles. The molecule has 0 bridgehead atoms. The molecular weight excluding hydrogens is 288 g/mol. The summed E-state index contributed by atoms with van der Waals surface area (Å²) in [4.78, 5) is 0.219. The first-order valence-corrected chi connectivity index (χ1v) is 7.54. The maximum Gasteiger partial charge on any atom is 0.244 e. The number of rotatable bonds is 6. The van der Waals surface area contributed by atoms with E-state index in [0.717, 1.165) is 12.8 Å². The Balaban J connectivity index is 0.00000324. The van der Waals surface area contributed by atoms with Crippen LogP contribution in [0.1, 0.15) is 38.1 Å². The summed E-state index contributed by atoms with van der Waals surface area (Å²) in [6, 6.07) is 0. The van der Waals surface area contributed by atoms with Crippen molar-refractivity contribution in [3.05, 3.63) is 11.4 Å². The largest absolute Gasteiger partial charge is 0.324 e. The molecule has 0 fully saturated rings. The minimum absolute atomic E-state index is 0. The third-order valence-corrected chi connectivity index (χ3v) is 5.02. The molecule has 1 rings (SSSR count). The topological polar surface area (TPSA) is 101 Å². The Bertz CT molecular complexity index is 489. The number of hydrogen-bond acceptors (Lipinski definition) is 4. The highest BCUT2D eigenvalue weighted by molar-refractivity contribution is 7.89. The smallest absolute Gasteiger partial charge is 0.244 e. The molecule has 0 aliphatic heterocycles. The van der Waals surface area contributed by atoms with Crippen molar-refractivity contribution in [3.8, 4) is 0 Å². The molecule has 1 aromatic heterocycles. The van der Waals surface area contributed by atoms with Crippen LogP contribution in [0.15, 0.2) is 4.90 Å². The monoisotopic (exact) mass is 310 g/mol. The number of nitrogens with zero attached hydrogens (tertiary/aromatic N) is 1. The molecule has 112 valence electrons. The average Bonchev–Trinajstić information content (AvgIpc) is 2.67. The zero-order valence-electron chi connectivity index (χ0n) is 11.8. The lowest BCUT2D eigenvalue weighted by Gasteiger charge is -2.26. The summed E-state index contributed by atoms with van der Waals surface area (Å²) in [7, 11) is -3.56. The molecule has 0 aliphatic rings. The molecular formula is C11H23ClN4O2S. The van der Waals surface area contributed by atoms with Crippen LogP contribution in [-0.4, -0.2) is 30.7 Å². The van der Waals surface area contributed by atoms with E-state index in [1.54, 1.807) is 13.8 Å². The van der Waals surface area contributed by atoms with E-state index in [4.69, 9.17) is 5.73 Å². The van der Waals surface area contributed by atoms with Gasteiger partial charge in [0.15, 0.2) is 0 Å². The summed E-state index contributed by atoms with van der Waals surface area (Å²) in [6.07, 6.45) is 1.44. The molecule has 0 unspecified atom stereocenters. The van der Waals surface area contributed by atoms with Gasteiger partial charge in [-0.2, -0.15) is 5.10 Å². The van der Waals surface area contributed by atoms with Crippen LogP contribution in [0.25, 0.3) is 0 Å². The number of sulfonamides is 1. The highest BCUT2D eigenvalue weighted by Crippen LogP contribution is 2.17. The molecule has 0 aliphatic carbocycles. The van der Waals surface area contributed by atoms with Crippen molar-refractivity contribution in [2.24, 2.45) is 5.73 Å². The predicted octanol–water partition coefficient (Wildman–Crippen LogP) is 1.24. The van der Waals surface area contributed by atoms with Gasteiger partial charge in [0.1, 0.15) is 4.90 Å². The number of hydrogen-bond donors (Lipinski definition) is 3. The lowest BCUT2D eigenvalue weighted by Crippen LogP contribution is -2.49. The lowest BCUT2D eigenvalue weighted by atomic mass is 9.95. The van der Waals surface area contributed by atoms with Crippen molar-refractivity contribution in [1.82, 2.24) is 14.9 Å². The van der Waals surface area contributed by atoms with E-state index in [2.05, 4.69) is 14.9 Å². The molecule has 4 N–H and O–H groups in total. The van der Waals surface area contributed by atoms with Gasteiger partial charge in [0.25, 0.3) is 0 Å². The molecule has 0 radical (unpaired) electrons. The zero-order valence-corrected chi connectivity index (χ0v) is 13.4. The second-order valence-electron chi connectivity index (χ2n) is 4.66. The molecule has 0 atom stereocenters. The molecule has 1 heterocycles. The Hall–Kier alpha value is -0.630. The number of nitrogens with one attached hydrogen (secondary N) is 2. The fourth-order valence-electron chi connectivity index (χ4n) is 1.75. The summed E-state index contributed by atoms with van der Waals surface area (Å²) in [5.74, 6) is 0. The molecule has 8 heteroatoms. The lowest BCUT2D eigenvalue weighted by molar-refractivity contribution is 0.391. The molecule has 0 saturated heterocycles. The summed E-state index contributed by atoms with van der Waals surface area (Å²) in [6.45, 7) is 7.47. The standard InChI is InChI=1S/C11H22N4O2S.ClH/c1-5-11(12,6-2)7-13-18(16,17)10-8(3)14-15-9(10)4;/h13H,5-7,12H2,1-4H3,(H,14,15);1H. The van der Waals surface area contributed by atoms with Crippen LogP contribution < -0.4 is 10.5 Å². The Morgan fingerprint density at radius 2 is 1.84 bits per heavy atom. The van der Waals surface area contributed by atoms with E-state index in [9.17, 15) is 8.42 Å². The van der Waals surface area contributed by atoms with Crippen LogP contribution in [0.2, 0.25) is 0 Å². The van der Waals surface area contributed by atoms with Crippen molar-refractivity contribution >= 4 is 22.4 Å². The van der Waals surface area contributed by atoms with Crippen LogP contribution in [0, 0.1) is 13.8 Å². The number of aromatic amines is 1. The zero-order chi connectivity index (χ0) is 14.0. The number of aromatic nitrogens is 2. The SMILES string of the molecule is CCC(N)(CC)CNS(=O)(=O)c1c(C)n[nH]c1C.Cl. The molecule has 6 nitrogen and oxygen atoms in total. The Morgan fingerprint density at radius 1 is 1.32 bits per heavy atom.